The minimum atomic E-state index is -4.61. The van der Waals surface area contributed by atoms with Crippen LogP contribution in [0.4, 0.5) is 0 Å². The van der Waals surface area contributed by atoms with Crippen molar-refractivity contribution in [3.63, 3.8) is 0 Å². The van der Waals surface area contributed by atoms with Crippen molar-refractivity contribution in [2.75, 3.05) is 40.9 Å². The molecular weight excluding hydrogens is 1030 g/mol. The number of hydrogen-bond acceptors (Lipinski definition) is 6. The van der Waals surface area contributed by atoms with Crippen molar-refractivity contribution < 1.29 is 32.9 Å². The number of phosphoric ester groups is 1. The number of aliphatic hydroxyl groups excluding tert-OH is 1. The Hall–Kier alpha value is -1.54. The van der Waals surface area contributed by atoms with Crippen LogP contribution < -0.4 is 10.2 Å². The van der Waals surface area contributed by atoms with Crippen LogP contribution in [0.2, 0.25) is 0 Å². The summed E-state index contributed by atoms with van der Waals surface area (Å²) in [5.41, 5.74) is 0. The van der Waals surface area contributed by atoms with E-state index in [0.29, 0.717) is 17.4 Å². The van der Waals surface area contributed by atoms with Crippen LogP contribution in [0.1, 0.15) is 361 Å². The number of nitrogens with zero attached hydrogens (tertiary/aromatic N) is 1. The summed E-state index contributed by atoms with van der Waals surface area (Å²) in [5.74, 6) is -0.202. The van der Waals surface area contributed by atoms with Crippen LogP contribution >= 0.6 is 7.82 Å². The molecule has 8 nitrogen and oxygen atoms in total. The van der Waals surface area contributed by atoms with E-state index in [0.717, 1.165) is 44.9 Å². The smallest absolute Gasteiger partial charge is 0.268 e. The van der Waals surface area contributed by atoms with Gasteiger partial charge in [0, 0.05) is 6.42 Å². The van der Waals surface area contributed by atoms with Gasteiger partial charge in [-0.2, -0.15) is 0 Å². The second-order valence-electron chi connectivity index (χ2n) is 25.9. The standard InChI is InChI=1S/C73H141N2O6P/c1-6-8-10-12-14-16-18-20-22-24-26-28-30-31-32-33-34-35-36-37-38-39-40-41-42-43-45-47-49-51-53-55-57-59-61-63-65-67-73(77)74-71(70-81-82(78,79)80-69-68-75(3,4)5)72(76)66-64-62-60-58-56-54-52-50-48-46-44-29-27-25-23-21-19-17-15-13-11-9-7-2/h32-33,35-36,56,58,64,66,71-72,76H,6-31,34,37-55,57,59-63,65,67-70H2,1-5H3,(H-,74,77,78,79)/b33-32-,36-35-,58-56+,66-64+. The largest absolute Gasteiger partial charge is 0.756 e. The van der Waals surface area contributed by atoms with E-state index in [1.54, 1.807) is 6.08 Å². The van der Waals surface area contributed by atoms with Gasteiger partial charge in [-0.1, -0.05) is 339 Å². The molecule has 0 radical (unpaired) electrons. The summed E-state index contributed by atoms with van der Waals surface area (Å²) in [6, 6.07) is -0.905. The maximum Gasteiger partial charge on any atom is 0.268 e. The second-order valence-corrected chi connectivity index (χ2v) is 27.3. The monoisotopic (exact) mass is 1170 g/mol. The topological polar surface area (TPSA) is 108 Å². The summed E-state index contributed by atoms with van der Waals surface area (Å²) in [5, 5.41) is 13.9. The van der Waals surface area contributed by atoms with Crippen molar-refractivity contribution in [3.8, 4) is 0 Å². The second kappa shape index (κ2) is 63.9. The maximum atomic E-state index is 13.0. The highest BCUT2D eigenvalue weighted by Crippen LogP contribution is 2.38. The molecule has 484 valence electrons. The summed E-state index contributed by atoms with van der Waals surface area (Å²) < 4.78 is 23.4. The number of hydrogen-bond donors (Lipinski definition) is 2. The van der Waals surface area contributed by atoms with E-state index in [1.165, 1.54) is 295 Å². The zero-order valence-corrected chi connectivity index (χ0v) is 56.4. The van der Waals surface area contributed by atoms with Gasteiger partial charge in [-0.25, -0.2) is 0 Å². The summed E-state index contributed by atoms with van der Waals surface area (Å²) in [4.78, 5) is 25.6. The first kappa shape index (κ1) is 80.5. The Labute approximate surface area is 511 Å². The lowest BCUT2D eigenvalue weighted by Crippen LogP contribution is -2.45. The molecule has 0 fully saturated rings. The molecule has 9 heteroatoms. The number of carbonyl (C=O) groups is 1. The third kappa shape index (κ3) is 66.0. The molecule has 0 aromatic rings. The first-order valence-electron chi connectivity index (χ1n) is 36.0. The lowest BCUT2D eigenvalue weighted by molar-refractivity contribution is -0.870. The van der Waals surface area contributed by atoms with Gasteiger partial charge in [-0.3, -0.25) is 9.36 Å². The van der Waals surface area contributed by atoms with Crippen molar-refractivity contribution >= 4 is 13.7 Å². The molecule has 0 aromatic heterocycles. The highest BCUT2D eigenvalue weighted by Gasteiger charge is 2.23. The van der Waals surface area contributed by atoms with Crippen LogP contribution in [0, 0.1) is 0 Å². The van der Waals surface area contributed by atoms with Gasteiger partial charge >= 0.3 is 0 Å². The predicted octanol–water partition coefficient (Wildman–Crippen LogP) is 22.4. The van der Waals surface area contributed by atoms with Gasteiger partial charge in [0.05, 0.1) is 39.9 Å². The highest BCUT2D eigenvalue weighted by molar-refractivity contribution is 7.45. The first-order valence-corrected chi connectivity index (χ1v) is 37.5. The number of aliphatic hydroxyl groups is 1. The average molecular weight is 1170 g/mol. The minimum Gasteiger partial charge on any atom is -0.756 e. The number of carbonyl (C=O) groups excluding carboxylic acids is 1. The molecule has 82 heavy (non-hydrogen) atoms. The molecular formula is C73H141N2O6P. The molecule has 0 aliphatic heterocycles. The molecule has 2 N–H and O–H groups in total. The lowest BCUT2D eigenvalue weighted by Gasteiger charge is -2.29. The third-order valence-corrected chi connectivity index (χ3v) is 17.5. The molecule has 0 aromatic carbocycles. The van der Waals surface area contributed by atoms with E-state index in [9.17, 15) is 19.4 Å². The van der Waals surface area contributed by atoms with Crippen molar-refractivity contribution in [3.05, 3.63) is 48.6 Å². The molecule has 0 rings (SSSR count). The van der Waals surface area contributed by atoms with Gasteiger partial charge in [-0.15, -0.1) is 0 Å². The summed E-state index contributed by atoms with van der Waals surface area (Å²) >= 11 is 0. The number of amides is 1. The Morgan fingerprint density at radius 1 is 0.427 bits per heavy atom. The van der Waals surface area contributed by atoms with Gasteiger partial charge in [0.25, 0.3) is 7.82 Å². The predicted molar refractivity (Wildman–Crippen MR) is 358 cm³/mol. The van der Waals surface area contributed by atoms with E-state index in [4.69, 9.17) is 9.05 Å². The first-order chi connectivity index (χ1) is 40.0. The fraction of sp³-hybridized carbons (Fsp3) is 0.877. The van der Waals surface area contributed by atoms with Crippen molar-refractivity contribution in [1.29, 1.82) is 0 Å². The van der Waals surface area contributed by atoms with Crippen LogP contribution in [0.3, 0.4) is 0 Å². The zero-order chi connectivity index (χ0) is 59.8. The Morgan fingerprint density at radius 3 is 1.06 bits per heavy atom. The van der Waals surface area contributed by atoms with Crippen LogP contribution in [-0.2, 0) is 18.4 Å². The quantitative estimate of drug-likeness (QED) is 0.0272. The van der Waals surface area contributed by atoms with Gasteiger partial charge in [0.1, 0.15) is 13.2 Å². The van der Waals surface area contributed by atoms with Crippen LogP contribution in [0.25, 0.3) is 0 Å². The van der Waals surface area contributed by atoms with E-state index < -0.39 is 26.6 Å². The Morgan fingerprint density at radius 2 is 0.720 bits per heavy atom. The van der Waals surface area contributed by atoms with E-state index in [-0.39, 0.29) is 12.5 Å². The van der Waals surface area contributed by atoms with Crippen LogP contribution in [0.15, 0.2) is 48.6 Å². The fourth-order valence-corrected chi connectivity index (χ4v) is 11.6. The molecule has 3 unspecified atom stereocenters. The summed E-state index contributed by atoms with van der Waals surface area (Å²) in [7, 11) is 1.26. The molecule has 3 atom stereocenters. The molecule has 0 heterocycles. The number of rotatable bonds is 67. The molecule has 0 aliphatic carbocycles. The molecule has 0 saturated carbocycles. The van der Waals surface area contributed by atoms with Crippen LogP contribution in [0.5, 0.6) is 0 Å². The van der Waals surface area contributed by atoms with Crippen molar-refractivity contribution in [2.24, 2.45) is 0 Å². The number of likely N-dealkylation sites (N-methyl/N-ethyl adjacent to an activating group) is 1. The fourth-order valence-electron chi connectivity index (χ4n) is 10.9. The van der Waals surface area contributed by atoms with Gasteiger partial charge < -0.3 is 28.8 Å². The Balaban J connectivity index is 4.02. The minimum absolute atomic E-state index is 0.00566. The molecule has 0 spiro atoms. The summed E-state index contributed by atoms with van der Waals surface area (Å²) in [6.45, 7) is 4.68. The molecule has 0 saturated heterocycles. The van der Waals surface area contributed by atoms with Gasteiger partial charge in [0.15, 0.2) is 0 Å². The molecule has 0 aliphatic rings. The summed E-state index contributed by atoms with van der Waals surface area (Å²) in [6.07, 6.45) is 86.8. The van der Waals surface area contributed by atoms with Gasteiger partial charge in [0.2, 0.25) is 5.91 Å². The Bertz CT molecular complexity index is 1480. The number of nitrogens with one attached hydrogen (secondary N) is 1. The number of quaternary nitrogens is 1. The average Bonchev–Trinajstić information content (AvgIpc) is 3.47. The van der Waals surface area contributed by atoms with Crippen molar-refractivity contribution in [1.82, 2.24) is 5.32 Å². The highest BCUT2D eigenvalue weighted by atomic mass is 31.2. The third-order valence-electron chi connectivity index (χ3n) is 16.5. The number of unbranched alkanes of at least 4 members (excludes halogenated alkanes) is 48. The molecule has 1 amide bonds. The van der Waals surface area contributed by atoms with Gasteiger partial charge in [-0.05, 0) is 64.2 Å². The van der Waals surface area contributed by atoms with Crippen LogP contribution in [-0.4, -0.2) is 68.5 Å². The maximum absolute atomic E-state index is 13.0. The number of allylic oxidation sites excluding steroid dienone is 7. The molecule has 0 bridgehead atoms. The zero-order valence-electron chi connectivity index (χ0n) is 55.5. The Kier molecular flexibility index (Phi) is 62.7. The normalized spacial score (nSPS) is 13.9. The lowest BCUT2D eigenvalue weighted by atomic mass is 10.0. The van der Waals surface area contributed by atoms with E-state index >= 15 is 0 Å². The number of phosphoric acid groups is 1. The SMILES string of the molecule is CCCCCCCCCCCCCCC/C=C\C/C=C\CCCCCCCCCCCCCCCCCCCC(=O)NC(COP(=O)([O-])OCC[N+](C)(C)C)C(O)/C=C/CC/C=C/CCCCCCCCCCCCCCCCCCC. The van der Waals surface area contributed by atoms with Crippen molar-refractivity contribution in [2.45, 2.75) is 373 Å². The van der Waals surface area contributed by atoms with E-state index in [1.807, 2.05) is 27.2 Å². The van der Waals surface area contributed by atoms with E-state index in [2.05, 4.69) is 55.6 Å².